The minimum Gasteiger partial charge on any atom is -0.444 e. The van der Waals surface area contributed by atoms with Crippen LogP contribution in [0.1, 0.15) is 59.9 Å². The van der Waals surface area contributed by atoms with E-state index in [2.05, 4.69) is 31.3 Å². The van der Waals surface area contributed by atoms with Gasteiger partial charge in [0.1, 0.15) is 5.60 Å². The normalized spacial score (nSPS) is 11.4. The SMILES string of the molecule is CCC(CC)Nc1ccccc1CN(CC)C(=O)OC(C)(C)C. The van der Waals surface area contributed by atoms with E-state index in [0.717, 1.165) is 24.1 Å². The molecule has 23 heavy (non-hydrogen) atoms. The van der Waals surface area contributed by atoms with Gasteiger partial charge in [0.05, 0.1) is 6.54 Å². The van der Waals surface area contributed by atoms with Gasteiger partial charge in [-0.2, -0.15) is 0 Å². The zero-order chi connectivity index (χ0) is 17.5. The van der Waals surface area contributed by atoms with E-state index in [4.69, 9.17) is 4.74 Å². The number of carbonyl (C=O) groups is 1. The van der Waals surface area contributed by atoms with Crippen molar-refractivity contribution in [1.29, 1.82) is 0 Å². The summed E-state index contributed by atoms with van der Waals surface area (Å²) in [6.45, 7) is 13.2. The Hall–Kier alpha value is -1.71. The highest BCUT2D eigenvalue weighted by molar-refractivity contribution is 5.68. The number of rotatable bonds is 7. The third-order valence-corrected chi connectivity index (χ3v) is 3.76. The lowest BCUT2D eigenvalue weighted by atomic mass is 10.1. The molecule has 0 aliphatic rings. The van der Waals surface area contributed by atoms with Gasteiger partial charge < -0.3 is 15.0 Å². The Kier molecular flexibility index (Phi) is 7.40. The number of anilines is 1. The predicted octanol–water partition coefficient (Wildman–Crippen LogP) is 5.04. The summed E-state index contributed by atoms with van der Waals surface area (Å²) in [5, 5.41) is 3.58. The maximum Gasteiger partial charge on any atom is 0.410 e. The summed E-state index contributed by atoms with van der Waals surface area (Å²) in [6, 6.07) is 8.63. The van der Waals surface area contributed by atoms with E-state index >= 15 is 0 Å². The first kappa shape index (κ1) is 19.3. The summed E-state index contributed by atoms with van der Waals surface area (Å²) < 4.78 is 5.49. The molecule has 0 aromatic heterocycles. The van der Waals surface area contributed by atoms with Crippen LogP contribution in [-0.2, 0) is 11.3 Å². The van der Waals surface area contributed by atoms with E-state index in [0.29, 0.717) is 19.1 Å². The van der Waals surface area contributed by atoms with Crippen LogP contribution in [0.3, 0.4) is 0 Å². The molecular formula is C19H32N2O2. The van der Waals surface area contributed by atoms with Crippen LogP contribution in [-0.4, -0.2) is 29.2 Å². The monoisotopic (exact) mass is 320 g/mol. The molecule has 0 fully saturated rings. The molecule has 0 aliphatic carbocycles. The maximum absolute atomic E-state index is 12.3. The van der Waals surface area contributed by atoms with Crippen molar-refractivity contribution in [2.24, 2.45) is 0 Å². The Morgan fingerprint density at radius 3 is 2.30 bits per heavy atom. The lowest BCUT2D eigenvalue weighted by molar-refractivity contribution is 0.0245. The van der Waals surface area contributed by atoms with Gasteiger partial charge >= 0.3 is 6.09 Å². The number of ether oxygens (including phenoxy) is 1. The van der Waals surface area contributed by atoms with E-state index < -0.39 is 5.60 Å². The van der Waals surface area contributed by atoms with Gasteiger partial charge in [0.2, 0.25) is 0 Å². The van der Waals surface area contributed by atoms with E-state index in [1.807, 2.05) is 39.8 Å². The Balaban J connectivity index is 2.87. The molecule has 0 spiro atoms. The molecule has 1 rings (SSSR count). The fourth-order valence-corrected chi connectivity index (χ4v) is 2.35. The third kappa shape index (κ3) is 6.51. The Bertz CT molecular complexity index is 490. The minimum atomic E-state index is -0.474. The van der Waals surface area contributed by atoms with Crippen molar-refractivity contribution < 1.29 is 9.53 Å². The van der Waals surface area contributed by atoms with Gasteiger partial charge in [-0.05, 0) is 52.2 Å². The summed E-state index contributed by atoms with van der Waals surface area (Å²) in [5.41, 5.74) is 1.74. The molecule has 1 aromatic carbocycles. The number of hydrogen-bond donors (Lipinski definition) is 1. The molecule has 0 saturated heterocycles. The molecule has 0 unspecified atom stereocenters. The molecule has 0 radical (unpaired) electrons. The van der Waals surface area contributed by atoms with Crippen LogP contribution < -0.4 is 5.32 Å². The van der Waals surface area contributed by atoms with Crippen LogP contribution in [0.4, 0.5) is 10.5 Å². The second-order valence-electron chi connectivity index (χ2n) is 6.81. The van der Waals surface area contributed by atoms with Crippen molar-refractivity contribution >= 4 is 11.8 Å². The summed E-state index contributed by atoms with van der Waals surface area (Å²) >= 11 is 0. The van der Waals surface area contributed by atoms with Crippen molar-refractivity contribution in [2.45, 2.75) is 72.6 Å². The summed E-state index contributed by atoms with van der Waals surface area (Å²) in [4.78, 5) is 14.1. The highest BCUT2D eigenvalue weighted by Gasteiger charge is 2.22. The van der Waals surface area contributed by atoms with Gasteiger partial charge in [-0.15, -0.1) is 0 Å². The smallest absolute Gasteiger partial charge is 0.410 e. The molecule has 0 heterocycles. The largest absolute Gasteiger partial charge is 0.444 e. The maximum atomic E-state index is 12.3. The Morgan fingerprint density at radius 1 is 1.17 bits per heavy atom. The average Bonchev–Trinajstić information content (AvgIpc) is 2.49. The average molecular weight is 320 g/mol. The summed E-state index contributed by atoms with van der Waals surface area (Å²) in [6.07, 6.45) is 1.89. The standard InChI is InChI=1S/C19H32N2O2/c1-7-16(8-2)20-17-13-11-10-12-15(17)14-21(9-3)18(22)23-19(4,5)6/h10-13,16,20H,7-9,14H2,1-6H3. The van der Waals surface area contributed by atoms with Crippen molar-refractivity contribution in [3.05, 3.63) is 29.8 Å². The van der Waals surface area contributed by atoms with Crippen molar-refractivity contribution in [3.63, 3.8) is 0 Å². The first-order valence-electron chi connectivity index (χ1n) is 8.63. The fraction of sp³-hybridized carbons (Fsp3) is 0.632. The summed E-state index contributed by atoms with van der Waals surface area (Å²) in [7, 11) is 0. The second-order valence-corrected chi connectivity index (χ2v) is 6.81. The molecule has 0 aliphatic heterocycles. The molecule has 4 nitrogen and oxygen atoms in total. The van der Waals surface area contributed by atoms with Gasteiger partial charge in [0, 0.05) is 18.3 Å². The number of benzene rings is 1. The predicted molar refractivity (Wildman–Crippen MR) is 96.8 cm³/mol. The van der Waals surface area contributed by atoms with Gasteiger partial charge in [-0.3, -0.25) is 0 Å². The lowest BCUT2D eigenvalue weighted by Crippen LogP contribution is -2.36. The highest BCUT2D eigenvalue weighted by Crippen LogP contribution is 2.21. The molecule has 4 heteroatoms. The van der Waals surface area contributed by atoms with Crippen LogP contribution in [0.25, 0.3) is 0 Å². The van der Waals surface area contributed by atoms with Crippen molar-refractivity contribution in [2.75, 3.05) is 11.9 Å². The Labute approximate surface area is 141 Å². The lowest BCUT2D eigenvalue weighted by Gasteiger charge is -2.27. The van der Waals surface area contributed by atoms with Crippen LogP contribution in [0.5, 0.6) is 0 Å². The van der Waals surface area contributed by atoms with Crippen LogP contribution in [0.2, 0.25) is 0 Å². The quantitative estimate of drug-likeness (QED) is 0.765. The highest BCUT2D eigenvalue weighted by atomic mass is 16.6. The number of para-hydroxylation sites is 1. The van der Waals surface area contributed by atoms with Crippen molar-refractivity contribution in [1.82, 2.24) is 4.90 Å². The Morgan fingerprint density at radius 2 is 1.78 bits per heavy atom. The molecule has 1 amide bonds. The van der Waals surface area contributed by atoms with Gasteiger partial charge in [-0.25, -0.2) is 4.79 Å². The fourth-order valence-electron chi connectivity index (χ4n) is 2.35. The van der Waals surface area contributed by atoms with Crippen LogP contribution >= 0.6 is 0 Å². The van der Waals surface area contributed by atoms with Gasteiger partial charge in [-0.1, -0.05) is 32.0 Å². The number of carbonyl (C=O) groups excluding carboxylic acids is 1. The summed E-state index contributed by atoms with van der Waals surface area (Å²) in [5.74, 6) is 0. The minimum absolute atomic E-state index is 0.266. The number of nitrogens with one attached hydrogen (secondary N) is 1. The number of hydrogen-bond acceptors (Lipinski definition) is 3. The second kappa shape index (κ2) is 8.80. The van der Waals surface area contributed by atoms with E-state index in [-0.39, 0.29) is 6.09 Å². The van der Waals surface area contributed by atoms with Crippen molar-refractivity contribution in [3.8, 4) is 0 Å². The van der Waals surface area contributed by atoms with Crippen LogP contribution in [0, 0.1) is 0 Å². The van der Waals surface area contributed by atoms with Crippen LogP contribution in [0.15, 0.2) is 24.3 Å². The van der Waals surface area contributed by atoms with Gasteiger partial charge in [0.25, 0.3) is 0 Å². The molecule has 0 saturated carbocycles. The van der Waals surface area contributed by atoms with Gasteiger partial charge in [0.15, 0.2) is 0 Å². The molecular weight excluding hydrogens is 288 g/mol. The van der Waals surface area contributed by atoms with E-state index in [9.17, 15) is 4.79 Å². The first-order chi connectivity index (χ1) is 10.8. The molecule has 0 atom stereocenters. The molecule has 1 N–H and O–H groups in total. The van der Waals surface area contributed by atoms with E-state index in [1.165, 1.54) is 0 Å². The molecule has 0 bridgehead atoms. The number of amides is 1. The first-order valence-corrected chi connectivity index (χ1v) is 8.63. The molecule has 130 valence electrons. The number of nitrogens with zero attached hydrogens (tertiary/aromatic N) is 1. The third-order valence-electron chi connectivity index (χ3n) is 3.76. The molecule has 1 aromatic rings. The zero-order valence-corrected chi connectivity index (χ0v) is 15.5. The topological polar surface area (TPSA) is 41.6 Å². The zero-order valence-electron chi connectivity index (χ0n) is 15.5. The van der Waals surface area contributed by atoms with E-state index in [1.54, 1.807) is 4.90 Å².